The van der Waals surface area contributed by atoms with Crippen LogP contribution in [0.2, 0.25) is 0 Å². The molecule has 0 spiro atoms. The second kappa shape index (κ2) is 6.50. The van der Waals surface area contributed by atoms with Crippen LogP contribution in [0.1, 0.15) is 5.69 Å². The summed E-state index contributed by atoms with van der Waals surface area (Å²) in [5, 5.41) is 1.77. The number of pyridine rings is 1. The van der Waals surface area contributed by atoms with Crippen LogP contribution in [0.4, 0.5) is 5.13 Å². The maximum Gasteiger partial charge on any atom is 0.311 e. The summed E-state index contributed by atoms with van der Waals surface area (Å²) in [6, 6.07) is 1.43. The minimum absolute atomic E-state index is 0.00678. The summed E-state index contributed by atoms with van der Waals surface area (Å²) in [6.45, 7) is 0. The quantitative estimate of drug-likeness (QED) is 0.780. The number of hydrogen-bond acceptors (Lipinski definition) is 7. The van der Waals surface area contributed by atoms with Crippen LogP contribution in [-0.2, 0) is 26.0 Å². The first-order chi connectivity index (χ1) is 9.90. The van der Waals surface area contributed by atoms with Gasteiger partial charge in [-0.3, -0.25) is 14.5 Å². The van der Waals surface area contributed by atoms with Crippen molar-refractivity contribution in [3.63, 3.8) is 0 Å². The molecule has 0 aliphatic carbocycles. The van der Waals surface area contributed by atoms with E-state index in [-0.39, 0.29) is 16.4 Å². The standard InChI is InChI=1S/C11H10BrN3O4S2/c1-19-10(16)3-8-6-20-11(14-8)15-21(17,18)9-2-7(12)4-13-5-9/h2,4-6H,3H2,1H3,(H,14,15). The van der Waals surface area contributed by atoms with Gasteiger partial charge in [0.15, 0.2) is 5.13 Å². The van der Waals surface area contributed by atoms with Gasteiger partial charge in [-0.15, -0.1) is 11.3 Å². The van der Waals surface area contributed by atoms with Gasteiger partial charge in [-0.05, 0) is 22.0 Å². The monoisotopic (exact) mass is 391 g/mol. The van der Waals surface area contributed by atoms with E-state index >= 15 is 0 Å². The number of esters is 1. The normalized spacial score (nSPS) is 11.1. The Morgan fingerprint density at radius 3 is 2.90 bits per heavy atom. The van der Waals surface area contributed by atoms with Gasteiger partial charge in [0.1, 0.15) is 4.90 Å². The molecule has 112 valence electrons. The molecule has 0 aliphatic heterocycles. The lowest BCUT2D eigenvalue weighted by molar-refractivity contribution is -0.139. The van der Waals surface area contributed by atoms with Crippen LogP contribution in [0.15, 0.2) is 33.2 Å². The number of hydrogen-bond donors (Lipinski definition) is 1. The number of thiazole rings is 1. The summed E-state index contributed by atoms with van der Waals surface area (Å²) in [4.78, 5) is 19.0. The van der Waals surface area contributed by atoms with E-state index in [1.54, 1.807) is 5.38 Å². The van der Waals surface area contributed by atoms with Crippen molar-refractivity contribution in [3.8, 4) is 0 Å². The van der Waals surface area contributed by atoms with Gasteiger partial charge in [0, 0.05) is 22.2 Å². The number of nitrogens with one attached hydrogen (secondary N) is 1. The topological polar surface area (TPSA) is 98.2 Å². The SMILES string of the molecule is COC(=O)Cc1csc(NS(=O)(=O)c2cncc(Br)c2)n1. The average Bonchev–Trinajstić information content (AvgIpc) is 2.85. The molecule has 0 aliphatic rings. The number of sulfonamides is 1. The van der Waals surface area contributed by atoms with Crippen molar-refractivity contribution in [2.45, 2.75) is 11.3 Å². The fraction of sp³-hybridized carbons (Fsp3) is 0.182. The van der Waals surface area contributed by atoms with Crippen molar-refractivity contribution in [1.82, 2.24) is 9.97 Å². The maximum absolute atomic E-state index is 12.1. The van der Waals surface area contributed by atoms with Gasteiger partial charge in [-0.1, -0.05) is 0 Å². The Morgan fingerprint density at radius 2 is 2.24 bits per heavy atom. The second-order valence-corrected chi connectivity index (χ2v) is 7.30. The minimum Gasteiger partial charge on any atom is -0.469 e. The molecule has 0 atom stereocenters. The highest BCUT2D eigenvalue weighted by atomic mass is 79.9. The van der Waals surface area contributed by atoms with Crippen LogP contribution in [0.3, 0.4) is 0 Å². The maximum atomic E-state index is 12.1. The van der Waals surface area contributed by atoms with Gasteiger partial charge in [-0.2, -0.15) is 0 Å². The molecule has 0 radical (unpaired) electrons. The van der Waals surface area contributed by atoms with Crippen molar-refractivity contribution < 1.29 is 17.9 Å². The number of ether oxygens (including phenoxy) is 1. The number of aromatic nitrogens is 2. The van der Waals surface area contributed by atoms with Crippen LogP contribution >= 0.6 is 27.3 Å². The van der Waals surface area contributed by atoms with Crippen LogP contribution in [0.5, 0.6) is 0 Å². The second-order valence-electron chi connectivity index (χ2n) is 3.84. The first-order valence-corrected chi connectivity index (χ1v) is 8.71. The Hall–Kier alpha value is -1.52. The van der Waals surface area contributed by atoms with Crippen molar-refractivity contribution in [1.29, 1.82) is 0 Å². The summed E-state index contributed by atoms with van der Waals surface area (Å²) in [5.41, 5.74) is 0.442. The molecule has 2 heterocycles. The average molecular weight is 392 g/mol. The molecule has 7 nitrogen and oxygen atoms in total. The highest BCUT2D eigenvalue weighted by Gasteiger charge is 2.17. The van der Waals surface area contributed by atoms with Gasteiger partial charge >= 0.3 is 5.97 Å². The van der Waals surface area contributed by atoms with Gasteiger partial charge in [0.2, 0.25) is 0 Å². The van der Waals surface area contributed by atoms with E-state index in [1.807, 2.05) is 0 Å². The molecule has 0 amide bonds. The van der Waals surface area contributed by atoms with Crippen molar-refractivity contribution in [2.24, 2.45) is 0 Å². The fourth-order valence-electron chi connectivity index (χ4n) is 1.37. The molecule has 21 heavy (non-hydrogen) atoms. The van der Waals surface area contributed by atoms with E-state index in [0.717, 1.165) is 11.3 Å². The van der Waals surface area contributed by atoms with Crippen molar-refractivity contribution in [2.75, 3.05) is 11.8 Å². The molecule has 2 aromatic rings. The number of halogens is 1. The number of rotatable bonds is 5. The van der Waals surface area contributed by atoms with E-state index in [9.17, 15) is 13.2 Å². The molecule has 0 unspecified atom stereocenters. The smallest absolute Gasteiger partial charge is 0.311 e. The molecule has 0 saturated carbocycles. The highest BCUT2D eigenvalue weighted by molar-refractivity contribution is 9.10. The molecule has 0 aromatic carbocycles. The molecule has 2 rings (SSSR count). The molecule has 0 saturated heterocycles. The summed E-state index contributed by atoms with van der Waals surface area (Å²) >= 11 is 4.25. The number of nitrogens with zero attached hydrogens (tertiary/aromatic N) is 2. The van der Waals surface area contributed by atoms with Gasteiger partial charge < -0.3 is 4.74 Å². The van der Waals surface area contributed by atoms with Crippen LogP contribution < -0.4 is 4.72 Å². The van der Waals surface area contributed by atoms with Crippen LogP contribution in [0.25, 0.3) is 0 Å². The first-order valence-electron chi connectivity index (χ1n) is 5.55. The van der Waals surface area contributed by atoms with Crippen LogP contribution in [-0.4, -0.2) is 31.5 Å². The Balaban J connectivity index is 2.16. The van der Waals surface area contributed by atoms with Crippen molar-refractivity contribution >= 4 is 48.4 Å². The predicted molar refractivity (Wildman–Crippen MR) is 80.6 cm³/mol. The number of methoxy groups -OCH3 is 1. The molecule has 2 aromatic heterocycles. The van der Waals surface area contributed by atoms with Crippen molar-refractivity contribution in [3.05, 3.63) is 34.0 Å². The number of anilines is 1. The van der Waals surface area contributed by atoms with E-state index in [4.69, 9.17) is 0 Å². The van der Waals surface area contributed by atoms with Gasteiger partial charge in [-0.25, -0.2) is 13.4 Å². The number of carbonyl (C=O) groups excluding carboxylic acids is 1. The van der Waals surface area contributed by atoms with Gasteiger partial charge in [0.05, 0.1) is 19.2 Å². The Kier molecular flexibility index (Phi) is 4.91. The fourth-order valence-corrected chi connectivity index (χ4v) is 3.84. The highest BCUT2D eigenvalue weighted by Crippen LogP contribution is 2.21. The summed E-state index contributed by atoms with van der Waals surface area (Å²) < 4.78 is 31.7. The van der Waals surface area contributed by atoms with Gasteiger partial charge in [0.25, 0.3) is 10.0 Å². The molecule has 1 N–H and O–H groups in total. The Bertz CT molecular complexity index is 760. The van der Waals surface area contributed by atoms with E-state index in [2.05, 4.69) is 35.4 Å². The largest absolute Gasteiger partial charge is 0.469 e. The summed E-state index contributed by atoms with van der Waals surface area (Å²) in [7, 11) is -2.49. The lowest BCUT2D eigenvalue weighted by atomic mass is 10.3. The third-order valence-electron chi connectivity index (χ3n) is 2.32. The van der Waals surface area contributed by atoms with E-state index < -0.39 is 16.0 Å². The Morgan fingerprint density at radius 1 is 1.48 bits per heavy atom. The lowest BCUT2D eigenvalue weighted by Gasteiger charge is -2.04. The minimum atomic E-state index is -3.77. The summed E-state index contributed by atoms with van der Waals surface area (Å²) in [5.74, 6) is -0.439. The number of carbonyl (C=O) groups is 1. The third kappa shape index (κ3) is 4.22. The zero-order valence-corrected chi connectivity index (χ0v) is 14.0. The van der Waals surface area contributed by atoms with Crippen LogP contribution in [0, 0.1) is 0 Å². The molecular formula is C11H10BrN3O4S2. The molecule has 0 bridgehead atoms. The Labute approximate surface area is 133 Å². The molecule has 0 fully saturated rings. The van der Waals surface area contributed by atoms with E-state index in [1.165, 1.54) is 25.6 Å². The first kappa shape index (κ1) is 15.9. The van der Waals surface area contributed by atoms with E-state index in [0.29, 0.717) is 10.2 Å². The zero-order chi connectivity index (χ0) is 15.5. The third-order valence-corrected chi connectivity index (χ3v) is 4.99. The lowest BCUT2D eigenvalue weighted by Crippen LogP contribution is -2.13. The zero-order valence-electron chi connectivity index (χ0n) is 10.7. The summed E-state index contributed by atoms with van der Waals surface area (Å²) in [6.07, 6.45) is 2.71. The molecule has 10 heteroatoms. The predicted octanol–water partition coefficient (Wildman–Crippen LogP) is 1.82. The molecular weight excluding hydrogens is 382 g/mol.